The van der Waals surface area contributed by atoms with Crippen LogP contribution in [0.2, 0.25) is 0 Å². The van der Waals surface area contributed by atoms with Gasteiger partial charge in [-0.05, 0) is 80.4 Å². The Hall–Kier alpha value is -4.29. The molecule has 2 heterocycles. The van der Waals surface area contributed by atoms with Gasteiger partial charge in [0.1, 0.15) is 29.2 Å². The lowest BCUT2D eigenvalue weighted by molar-refractivity contribution is -0.139. The Labute approximate surface area is 253 Å². The van der Waals surface area contributed by atoms with Crippen LogP contribution >= 0.6 is 11.3 Å². The van der Waals surface area contributed by atoms with Crippen LogP contribution in [0.1, 0.15) is 45.9 Å². The number of amides is 3. The number of nitrogens with zero attached hydrogens (tertiary/aromatic N) is 1. The van der Waals surface area contributed by atoms with Crippen molar-refractivity contribution in [3.63, 3.8) is 0 Å². The fraction of sp³-hybridized carbons (Fsp3) is 0.355. The van der Waals surface area contributed by atoms with Gasteiger partial charge in [-0.2, -0.15) is 0 Å². The Kier molecular flexibility index (Phi) is 8.79. The van der Waals surface area contributed by atoms with Crippen LogP contribution in [0, 0.1) is 16.6 Å². The molecule has 4 N–H and O–H groups in total. The SMILES string of the molecule is CNC(=N)c1ccc([C@@H](C)NC(=O)[C@@H]2C[C@]3(COC)CC3N2C(=O)CNC(=O)c2ccc(Oc3ccc(F)cc3)cc2)s1. The molecule has 1 aliphatic carbocycles. The summed E-state index contributed by atoms with van der Waals surface area (Å²) in [6.07, 6.45) is 1.23. The van der Waals surface area contributed by atoms with E-state index in [0.29, 0.717) is 35.9 Å². The molecule has 4 atom stereocenters. The highest BCUT2D eigenvalue weighted by Crippen LogP contribution is 2.59. The number of nitrogens with one attached hydrogen (secondary N) is 4. The topological polar surface area (TPSA) is 133 Å². The Morgan fingerprint density at radius 2 is 1.74 bits per heavy atom. The molecule has 1 aliphatic heterocycles. The third-order valence-corrected chi connectivity index (χ3v) is 9.20. The van der Waals surface area contributed by atoms with E-state index < -0.39 is 11.9 Å². The van der Waals surface area contributed by atoms with Crippen LogP contribution in [0.5, 0.6) is 11.5 Å². The molecule has 5 rings (SSSR count). The summed E-state index contributed by atoms with van der Waals surface area (Å²) in [6, 6.07) is 14.6. The first-order valence-corrected chi connectivity index (χ1v) is 14.7. The fourth-order valence-corrected chi connectivity index (χ4v) is 6.56. The Bertz CT molecular complexity index is 1510. The number of likely N-dealkylation sites (tertiary alicyclic amines) is 1. The van der Waals surface area contributed by atoms with E-state index in [0.717, 1.165) is 16.2 Å². The van der Waals surface area contributed by atoms with Crippen LogP contribution in [0.25, 0.3) is 0 Å². The number of carbonyl (C=O) groups is 3. The summed E-state index contributed by atoms with van der Waals surface area (Å²) in [4.78, 5) is 43.0. The number of thiophene rings is 1. The van der Waals surface area contributed by atoms with E-state index >= 15 is 0 Å². The summed E-state index contributed by atoms with van der Waals surface area (Å²) in [5.41, 5.74) is 0.0727. The molecule has 2 aromatic carbocycles. The molecular weight excluding hydrogens is 573 g/mol. The van der Waals surface area contributed by atoms with Crippen molar-refractivity contribution in [3.8, 4) is 11.5 Å². The third kappa shape index (κ3) is 6.55. The van der Waals surface area contributed by atoms with Crippen molar-refractivity contribution >= 4 is 34.9 Å². The average molecular weight is 608 g/mol. The smallest absolute Gasteiger partial charge is 0.251 e. The van der Waals surface area contributed by atoms with Gasteiger partial charge in [-0.25, -0.2) is 4.39 Å². The lowest BCUT2D eigenvalue weighted by atomic mass is 10.00. The minimum absolute atomic E-state index is 0.129. The molecule has 3 aromatic rings. The molecule has 43 heavy (non-hydrogen) atoms. The van der Waals surface area contributed by atoms with Gasteiger partial charge in [-0.15, -0.1) is 11.3 Å². The Morgan fingerprint density at radius 3 is 2.40 bits per heavy atom. The van der Waals surface area contributed by atoms with Gasteiger partial charge in [-0.1, -0.05) is 0 Å². The highest BCUT2D eigenvalue weighted by atomic mass is 32.1. The molecule has 10 nitrogen and oxygen atoms in total. The maximum Gasteiger partial charge on any atom is 0.251 e. The second-order valence-electron chi connectivity index (χ2n) is 10.9. The van der Waals surface area contributed by atoms with Crippen molar-refractivity contribution in [2.24, 2.45) is 5.41 Å². The van der Waals surface area contributed by atoms with E-state index in [2.05, 4.69) is 16.0 Å². The van der Waals surface area contributed by atoms with Crippen molar-refractivity contribution < 1.29 is 28.2 Å². The number of benzene rings is 2. The lowest BCUT2D eigenvalue weighted by Gasteiger charge is -2.28. The van der Waals surface area contributed by atoms with Gasteiger partial charge >= 0.3 is 0 Å². The first-order valence-electron chi connectivity index (χ1n) is 13.9. The molecule has 0 radical (unpaired) electrons. The highest BCUT2D eigenvalue weighted by Gasteiger charge is 2.67. The molecule has 3 amide bonds. The second-order valence-corrected chi connectivity index (χ2v) is 12.0. The quantitative estimate of drug-likeness (QED) is 0.194. The van der Waals surface area contributed by atoms with E-state index in [1.54, 1.807) is 43.3 Å². The summed E-state index contributed by atoms with van der Waals surface area (Å²) < 4.78 is 24.2. The largest absolute Gasteiger partial charge is 0.457 e. The van der Waals surface area contributed by atoms with E-state index in [9.17, 15) is 18.8 Å². The molecule has 12 heteroatoms. The maximum absolute atomic E-state index is 13.5. The summed E-state index contributed by atoms with van der Waals surface area (Å²) in [5.74, 6) is -0.154. The minimum Gasteiger partial charge on any atom is -0.457 e. The maximum atomic E-state index is 13.5. The molecule has 2 fully saturated rings. The molecule has 2 aliphatic rings. The van der Waals surface area contributed by atoms with Gasteiger partial charge < -0.3 is 30.3 Å². The standard InChI is InChI=1S/C31H34FN5O5S/c1-18(24-12-13-25(43-24)28(33)34-2)36-30(40)23-14-31(17-41-3)15-26(31)37(23)27(38)16-35-29(39)19-4-8-21(9-5-19)42-22-10-6-20(32)7-11-22/h4-13,18,23,26H,14-17H2,1-3H3,(H2,33,34)(H,35,39)(H,36,40)/t18-,23+,26?,31-/m1/s1. The molecule has 1 aromatic heterocycles. The van der Waals surface area contributed by atoms with Crippen LogP contribution in [0.4, 0.5) is 4.39 Å². The average Bonchev–Trinajstić information content (AvgIpc) is 3.32. The number of methoxy groups -OCH3 is 1. The van der Waals surface area contributed by atoms with Crippen molar-refractivity contribution in [3.05, 3.63) is 81.8 Å². The van der Waals surface area contributed by atoms with E-state index in [4.69, 9.17) is 14.9 Å². The van der Waals surface area contributed by atoms with Crippen molar-refractivity contribution in [2.75, 3.05) is 27.3 Å². The molecule has 1 saturated heterocycles. The number of halogens is 1. The number of hydrogen-bond acceptors (Lipinski definition) is 7. The zero-order valence-electron chi connectivity index (χ0n) is 24.1. The van der Waals surface area contributed by atoms with Crippen molar-refractivity contribution in [1.82, 2.24) is 20.9 Å². The molecular formula is C31H34FN5O5S. The van der Waals surface area contributed by atoms with E-state index in [-0.39, 0.29) is 41.7 Å². The number of rotatable bonds is 11. The van der Waals surface area contributed by atoms with Gasteiger partial charge in [0.15, 0.2) is 0 Å². The number of piperidine rings is 1. The Morgan fingerprint density at radius 1 is 1.07 bits per heavy atom. The summed E-state index contributed by atoms with van der Waals surface area (Å²) >= 11 is 1.42. The minimum atomic E-state index is -0.682. The molecule has 0 spiro atoms. The molecule has 1 saturated carbocycles. The van der Waals surface area contributed by atoms with Gasteiger partial charge in [0, 0.05) is 36.1 Å². The zero-order valence-corrected chi connectivity index (χ0v) is 24.9. The number of amidine groups is 1. The van der Waals surface area contributed by atoms with Crippen molar-refractivity contribution in [2.45, 2.75) is 37.9 Å². The number of hydrogen-bond donors (Lipinski definition) is 4. The summed E-state index contributed by atoms with van der Waals surface area (Å²) in [5, 5.41) is 16.5. The van der Waals surface area contributed by atoms with Gasteiger partial charge in [0.25, 0.3) is 5.91 Å². The van der Waals surface area contributed by atoms with Gasteiger partial charge in [0.2, 0.25) is 11.8 Å². The first kappa shape index (κ1) is 30.2. The molecule has 1 unspecified atom stereocenters. The Balaban J connectivity index is 1.20. The number of ether oxygens (including phenoxy) is 2. The van der Waals surface area contributed by atoms with Gasteiger partial charge in [-0.3, -0.25) is 19.8 Å². The normalized spacial score (nSPS) is 21.0. The van der Waals surface area contributed by atoms with Crippen LogP contribution in [-0.4, -0.2) is 67.8 Å². The first-order chi connectivity index (χ1) is 20.6. The molecule has 226 valence electrons. The van der Waals surface area contributed by atoms with Crippen LogP contribution < -0.4 is 20.7 Å². The zero-order chi connectivity index (χ0) is 30.7. The van der Waals surface area contributed by atoms with E-state index in [1.165, 1.54) is 35.6 Å². The predicted molar refractivity (Wildman–Crippen MR) is 160 cm³/mol. The highest BCUT2D eigenvalue weighted by molar-refractivity contribution is 7.14. The van der Waals surface area contributed by atoms with Gasteiger partial charge in [0.05, 0.1) is 24.1 Å². The molecule has 0 bridgehead atoms. The lowest BCUT2D eigenvalue weighted by Crippen LogP contribution is -2.51. The summed E-state index contributed by atoms with van der Waals surface area (Å²) in [6.45, 7) is 2.06. The van der Waals surface area contributed by atoms with Crippen LogP contribution in [0.3, 0.4) is 0 Å². The third-order valence-electron chi connectivity index (χ3n) is 7.92. The predicted octanol–water partition coefficient (Wildman–Crippen LogP) is 3.84. The fourth-order valence-electron chi connectivity index (χ4n) is 5.59. The van der Waals surface area contributed by atoms with Crippen LogP contribution in [-0.2, 0) is 14.3 Å². The summed E-state index contributed by atoms with van der Waals surface area (Å²) in [7, 11) is 3.30. The van der Waals surface area contributed by atoms with Crippen molar-refractivity contribution in [1.29, 1.82) is 5.41 Å². The number of fused-ring (bicyclic) bond motifs is 1. The second kappa shape index (κ2) is 12.5. The monoisotopic (exact) mass is 607 g/mol. The van der Waals surface area contributed by atoms with Crippen LogP contribution in [0.15, 0.2) is 60.7 Å². The number of carbonyl (C=O) groups excluding carboxylic acids is 3. The van der Waals surface area contributed by atoms with E-state index in [1.807, 2.05) is 19.1 Å².